The van der Waals surface area contributed by atoms with Gasteiger partial charge in [0.25, 0.3) is 11.8 Å². The molecule has 0 radical (unpaired) electrons. The molecular weight excluding hydrogens is 654 g/mol. The molecular formula is C38H51N5O8. The van der Waals surface area contributed by atoms with Crippen molar-refractivity contribution in [3.8, 4) is 0 Å². The van der Waals surface area contributed by atoms with Crippen LogP contribution in [0.2, 0.25) is 0 Å². The number of methoxy groups -OCH3 is 1. The van der Waals surface area contributed by atoms with Crippen molar-refractivity contribution in [1.82, 2.24) is 26.6 Å². The summed E-state index contributed by atoms with van der Waals surface area (Å²) >= 11 is 0. The summed E-state index contributed by atoms with van der Waals surface area (Å²) in [4.78, 5) is 79.5. The van der Waals surface area contributed by atoms with Gasteiger partial charge in [-0.1, -0.05) is 74.5 Å². The van der Waals surface area contributed by atoms with Crippen molar-refractivity contribution < 1.29 is 38.2 Å². The predicted octanol–water partition coefficient (Wildman–Crippen LogP) is 4.20. The van der Waals surface area contributed by atoms with Crippen molar-refractivity contribution in [2.45, 2.75) is 91.5 Å². The molecule has 0 saturated heterocycles. The highest BCUT2D eigenvalue weighted by molar-refractivity contribution is 6.07. The molecule has 2 rings (SSSR count). The van der Waals surface area contributed by atoms with Crippen molar-refractivity contribution in [2.75, 3.05) is 7.11 Å². The van der Waals surface area contributed by atoms with E-state index in [-0.39, 0.29) is 23.7 Å². The quantitative estimate of drug-likeness (QED) is 0.143. The molecule has 5 N–H and O–H groups in total. The van der Waals surface area contributed by atoms with E-state index in [2.05, 4.69) is 26.6 Å². The monoisotopic (exact) mass is 705 g/mol. The zero-order chi connectivity index (χ0) is 38.6. The Morgan fingerprint density at radius 2 is 1.18 bits per heavy atom. The molecule has 2 aromatic rings. The largest absolute Gasteiger partial charge is 0.467 e. The Bertz CT molecular complexity index is 1620. The lowest BCUT2D eigenvalue weighted by molar-refractivity contribution is -0.149. The summed E-state index contributed by atoms with van der Waals surface area (Å²) in [5, 5.41) is 13.0. The number of benzene rings is 2. The molecule has 0 aliphatic rings. The van der Waals surface area contributed by atoms with Crippen LogP contribution in [0.3, 0.4) is 0 Å². The third-order valence-corrected chi connectivity index (χ3v) is 7.05. The highest BCUT2D eigenvalue weighted by Crippen LogP contribution is 2.15. The lowest BCUT2D eigenvalue weighted by Crippen LogP contribution is -2.57. The van der Waals surface area contributed by atoms with E-state index in [1.165, 1.54) is 47.0 Å². The number of nitrogens with one attached hydrogen (secondary N) is 5. The van der Waals surface area contributed by atoms with Crippen molar-refractivity contribution in [3.63, 3.8) is 0 Å². The molecule has 0 aromatic heterocycles. The topological polar surface area (TPSA) is 181 Å². The molecule has 0 aliphatic carbocycles. The first-order valence-corrected chi connectivity index (χ1v) is 16.5. The van der Waals surface area contributed by atoms with E-state index in [0.29, 0.717) is 11.1 Å². The van der Waals surface area contributed by atoms with Crippen LogP contribution in [0, 0.1) is 5.92 Å². The molecule has 0 heterocycles. The van der Waals surface area contributed by atoms with Crippen molar-refractivity contribution in [1.29, 1.82) is 0 Å². The van der Waals surface area contributed by atoms with Gasteiger partial charge in [0, 0.05) is 0 Å². The molecule has 13 heteroatoms. The van der Waals surface area contributed by atoms with Gasteiger partial charge in [-0.25, -0.2) is 9.59 Å². The average molecular weight is 706 g/mol. The third-order valence-electron chi connectivity index (χ3n) is 7.05. The number of carbonyl (C=O) groups excluding carboxylic acids is 6. The number of carbonyl (C=O) groups is 6. The first-order chi connectivity index (χ1) is 23.6. The summed E-state index contributed by atoms with van der Waals surface area (Å²) in [6.07, 6.45) is 2.21. The van der Waals surface area contributed by atoms with Crippen molar-refractivity contribution in [3.05, 3.63) is 83.2 Å². The smallest absolute Gasteiger partial charge is 0.408 e. The van der Waals surface area contributed by atoms with Crippen LogP contribution < -0.4 is 26.6 Å². The van der Waals surface area contributed by atoms with E-state index in [0.717, 1.165) is 0 Å². The third kappa shape index (κ3) is 14.1. The molecule has 13 nitrogen and oxygen atoms in total. The summed E-state index contributed by atoms with van der Waals surface area (Å²) in [5.41, 5.74) is -2.99. The standard InChI is InChI=1S/C38H51N5O8/c1-24(2)21-27(30(44)40-29(23-26-19-15-12-16-20-26)32(46)42-38(8,9)34(48)50-10)39-31(45)28(22-25-17-13-11-14-18-25)41-33(47)37(6,7)43-35(49)51-36(3,4)5/h11-20,22-24,27H,21H2,1-10H3,(H,39,45)(H,40,44)(H,41,47)(H,42,46)(H,43,49)/b28-22+,29-23+/t27-/m0/s1. The van der Waals surface area contributed by atoms with E-state index < -0.39 is 58.4 Å². The Balaban J connectivity index is 2.45. The Hall–Kier alpha value is -5.46. The molecule has 1 atom stereocenters. The summed E-state index contributed by atoms with van der Waals surface area (Å²) in [5.74, 6) is -3.81. The van der Waals surface area contributed by atoms with E-state index in [1.54, 1.807) is 81.4 Å². The summed E-state index contributed by atoms with van der Waals surface area (Å²) < 4.78 is 10.1. The fourth-order valence-electron chi connectivity index (χ4n) is 4.46. The highest BCUT2D eigenvalue weighted by atomic mass is 16.6. The van der Waals surface area contributed by atoms with Crippen LogP contribution in [0.25, 0.3) is 12.2 Å². The Morgan fingerprint density at radius 3 is 1.63 bits per heavy atom. The summed E-state index contributed by atoms with van der Waals surface area (Å²) in [6.45, 7) is 14.6. The van der Waals surface area contributed by atoms with Crippen LogP contribution in [0.15, 0.2) is 72.1 Å². The molecule has 0 unspecified atom stereocenters. The number of alkyl carbamates (subject to hydrolysis) is 1. The molecule has 0 fully saturated rings. The van der Waals surface area contributed by atoms with Gasteiger partial charge in [-0.05, 0) is 84.1 Å². The molecule has 2 aromatic carbocycles. The van der Waals surface area contributed by atoms with Gasteiger partial charge in [0.1, 0.15) is 34.1 Å². The number of esters is 1. The fraction of sp³-hybridized carbons (Fsp3) is 0.421. The zero-order valence-corrected chi connectivity index (χ0v) is 31.1. The Kier molecular flexibility index (Phi) is 14.7. The van der Waals surface area contributed by atoms with Crippen LogP contribution in [0.5, 0.6) is 0 Å². The zero-order valence-electron chi connectivity index (χ0n) is 31.1. The van der Waals surface area contributed by atoms with Gasteiger partial charge < -0.3 is 36.1 Å². The maximum absolute atomic E-state index is 13.9. The average Bonchev–Trinajstić information content (AvgIpc) is 3.02. The molecule has 0 bridgehead atoms. The van der Waals surface area contributed by atoms with Crippen LogP contribution >= 0.6 is 0 Å². The van der Waals surface area contributed by atoms with Gasteiger partial charge in [0.05, 0.1) is 7.11 Å². The van der Waals surface area contributed by atoms with Crippen molar-refractivity contribution >= 4 is 47.8 Å². The molecule has 51 heavy (non-hydrogen) atoms. The molecule has 5 amide bonds. The Labute approximate surface area is 300 Å². The number of hydrogen-bond donors (Lipinski definition) is 5. The van der Waals surface area contributed by atoms with Gasteiger partial charge in [0.15, 0.2) is 0 Å². The van der Waals surface area contributed by atoms with Gasteiger partial charge in [-0.2, -0.15) is 0 Å². The van der Waals surface area contributed by atoms with Gasteiger partial charge in [-0.3, -0.25) is 19.2 Å². The van der Waals surface area contributed by atoms with E-state index in [1.807, 2.05) is 13.8 Å². The number of amides is 5. The molecule has 0 aliphatic heterocycles. The fourth-order valence-corrected chi connectivity index (χ4v) is 4.46. The summed E-state index contributed by atoms with van der Waals surface area (Å²) in [6, 6.07) is 16.3. The van der Waals surface area contributed by atoms with Gasteiger partial charge in [-0.15, -0.1) is 0 Å². The molecule has 276 valence electrons. The minimum Gasteiger partial charge on any atom is -0.467 e. The van der Waals surface area contributed by atoms with Gasteiger partial charge in [0.2, 0.25) is 11.8 Å². The minimum absolute atomic E-state index is 0.0946. The van der Waals surface area contributed by atoms with Crippen LogP contribution in [-0.2, 0) is 33.4 Å². The molecule has 0 saturated carbocycles. The normalized spacial score (nSPS) is 13.0. The summed E-state index contributed by atoms with van der Waals surface area (Å²) in [7, 11) is 1.19. The number of rotatable bonds is 14. The first-order valence-electron chi connectivity index (χ1n) is 16.5. The minimum atomic E-state index is -1.52. The Morgan fingerprint density at radius 1 is 0.686 bits per heavy atom. The maximum Gasteiger partial charge on any atom is 0.408 e. The second kappa shape index (κ2) is 18.0. The molecule has 0 spiro atoms. The first kappa shape index (κ1) is 41.7. The van der Waals surface area contributed by atoms with E-state index in [4.69, 9.17) is 9.47 Å². The van der Waals surface area contributed by atoms with Crippen LogP contribution in [0.4, 0.5) is 4.79 Å². The highest BCUT2D eigenvalue weighted by Gasteiger charge is 2.35. The lowest BCUT2D eigenvalue weighted by atomic mass is 10.0. The van der Waals surface area contributed by atoms with Crippen LogP contribution in [-0.4, -0.2) is 65.5 Å². The SMILES string of the molecule is COC(=O)C(C)(C)NC(=O)/C(=C\c1ccccc1)NC(=O)[C@H](CC(C)C)NC(=O)/C(=C\c1ccccc1)NC(=O)C(C)(C)NC(=O)OC(C)(C)C. The lowest BCUT2D eigenvalue weighted by Gasteiger charge is -2.28. The maximum atomic E-state index is 13.9. The van der Waals surface area contributed by atoms with E-state index in [9.17, 15) is 28.8 Å². The van der Waals surface area contributed by atoms with Gasteiger partial charge >= 0.3 is 12.1 Å². The number of hydrogen-bond acceptors (Lipinski definition) is 8. The predicted molar refractivity (Wildman–Crippen MR) is 194 cm³/mol. The number of ether oxygens (including phenoxy) is 2. The second-order valence-corrected chi connectivity index (χ2v) is 14.4. The van der Waals surface area contributed by atoms with Crippen molar-refractivity contribution in [2.24, 2.45) is 5.92 Å². The van der Waals surface area contributed by atoms with E-state index >= 15 is 0 Å². The second-order valence-electron chi connectivity index (χ2n) is 14.4. The van der Waals surface area contributed by atoms with Crippen LogP contribution in [0.1, 0.15) is 79.9 Å².